The molecule has 76 valence electrons. The van der Waals surface area contributed by atoms with Gasteiger partial charge in [0.15, 0.2) is 0 Å². The smallest absolute Gasteiger partial charge is 0.300 e. The number of ether oxygens (including phenoxy) is 1. The van der Waals surface area contributed by atoms with Crippen LogP contribution in [-0.2, 0) is 4.74 Å². The molecule has 0 fully saturated rings. The maximum atomic E-state index is 11.7. The first-order valence-electron chi connectivity index (χ1n) is 3.50. The van der Waals surface area contributed by atoms with Gasteiger partial charge in [0.1, 0.15) is 0 Å². The van der Waals surface area contributed by atoms with Gasteiger partial charge in [-0.2, -0.15) is 0 Å². The first kappa shape index (κ1) is 14.2. The minimum atomic E-state index is -3.38. The molecule has 0 spiro atoms. The lowest BCUT2D eigenvalue weighted by Crippen LogP contribution is -2.27. The van der Waals surface area contributed by atoms with Crippen molar-refractivity contribution in [2.75, 3.05) is 13.8 Å². The Morgan fingerprint density at radius 1 is 1.42 bits per heavy atom. The van der Waals surface area contributed by atoms with Crippen LogP contribution < -0.4 is 0 Å². The van der Waals surface area contributed by atoms with Crippen LogP contribution in [0.3, 0.4) is 0 Å². The highest BCUT2D eigenvalue weighted by atomic mass is 19.3. The van der Waals surface area contributed by atoms with Crippen LogP contribution in [-0.4, -0.2) is 26.1 Å². The molecule has 0 saturated carbocycles. The van der Waals surface area contributed by atoms with Crippen LogP contribution in [0.1, 0.15) is 20.3 Å². The normalized spacial score (nSPS) is 13.2. The molecule has 0 aromatic rings. The fourth-order valence-corrected chi connectivity index (χ4v) is 0.207. The van der Waals surface area contributed by atoms with E-state index in [1.807, 2.05) is 0 Å². The molecule has 0 rings (SSSR count). The van der Waals surface area contributed by atoms with Crippen molar-refractivity contribution in [2.45, 2.75) is 32.5 Å². The lowest BCUT2D eigenvalue weighted by molar-refractivity contribution is -0.172. The van der Waals surface area contributed by atoms with Crippen molar-refractivity contribution >= 4 is 0 Å². The lowest BCUT2D eigenvalue weighted by Gasteiger charge is -2.12. The highest BCUT2D eigenvalue weighted by Gasteiger charge is 2.33. The topological polar surface area (TPSA) is 9.23 Å². The third-order valence-corrected chi connectivity index (χ3v) is 0.794. The second kappa shape index (κ2) is 7.34. The number of rotatable bonds is 3. The number of alkyl halides is 4. The van der Waals surface area contributed by atoms with E-state index in [2.05, 4.69) is 4.74 Å². The fraction of sp³-hybridized carbons (Fsp3) is 1.00. The van der Waals surface area contributed by atoms with E-state index < -0.39 is 12.3 Å². The quantitative estimate of drug-likeness (QED) is 0.621. The summed E-state index contributed by atoms with van der Waals surface area (Å²) in [6.07, 6.45) is -1.83. The molecular weight excluding hydrogens is 176 g/mol. The van der Waals surface area contributed by atoms with Crippen LogP contribution in [0.2, 0.25) is 0 Å². The molecule has 5 heteroatoms. The SMILES string of the molecule is CCCF.COC(F)C(C)(F)F. The summed E-state index contributed by atoms with van der Waals surface area (Å²) in [6.45, 7) is 2.08. The Labute approximate surface area is 69.7 Å². The van der Waals surface area contributed by atoms with Gasteiger partial charge in [-0.1, -0.05) is 6.92 Å². The summed E-state index contributed by atoms with van der Waals surface area (Å²) >= 11 is 0. The van der Waals surface area contributed by atoms with Gasteiger partial charge in [0.25, 0.3) is 12.3 Å². The van der Waals surface area contributed by atoms with E-state index in [0.29, 0.717) is 13.3 Å². The molecule has 1 nitrogen and oxygen atoms in total. The summed E-state index contributed by atoms with van der Waals surface area (Å²) in [5, 5.41) is 0. The summed E-state index contributed by atoms with van der Waals surface area (Å²) in [4.78, 5) is 0. The summed E-state index contributed by atoms with van der Waals surface area (Å²) in [5.74, 6) is -3.38. The van der Waals surface area contributed by atoms with Crippen molar-refractivity contribution < 1.29 is 22.3 Å². The molecule has 1 unspecified atom stereocenters. The van der Waals surface area contributed by atoms with E-state index in [0.717, 1.165) is 7.11 Å². The molecule has 0 amide bonds. The second-order valence-electron chi connectivity index (χ2n) is 2.20. The Hall–Kier alpha value is -0.320. The molecule has 1 atom stereocenters. The summed E-state index contributed by atoms with van der Waals surface area (Å²) in [5.41, 5.74) is 0. The number of methoxy groups -OCH3 is 1. The van der Waals surface area contributed by atoms with Gasteiger partial charge < -0.3 is 4.74 Å². The number of halogens is 4. The zero-order valence-corrected chi connectivity index (χ0v) is 7.41. The van der Waals surface area contributed by atoms with E-state index >= 15 is 0 Å². The van der Waals surface area contributed by atoms with Crippen LogP contribution in [0.25, 0.3) is 0 Å². The van der Waals surface area contributed by atoms with Crippen molar-refractivity contribution in [3.05, 3.63) is 0 Å². The Balaban J connectivity index is 0. The molecule has 0 heterocycles. The monoisotopic (exact) mass is 190 g/mol. The highest BCUT2D eigenvalue weighted by molar-refractivity contribution is 4.59. The summed E-state index contributed by atoms with van der Waals surface area (Å²) in [6, 6.07) is 0. The number of hydrogen-bond donors (Lipinski definition) is 0. The van der Waals surface area contributed by atoms with Crippen molar-refractivity contribution in [3.63, 3.8) is 0 Å². The molecular formula is C7H14F4O. The predicted molar refractivity (Wildman–Crippen MR) is 38.8 cm³/mol. The first-order valence-corrected chi connectivity index (χ1v) is 3.50. The van der Waals surface area contributed by atoms with Gasteiger partial charge in [0, 0.05) is 14.0 Å². The lowest BCUT2D eigenvalue weighted by atomic mass is 10.4. The average Bonchev–Trinajstić information content (AvgIpc) is 2.02. The molecule has 0 aromatic carbocycles. The zero-order chi connectivity index (χ0) is 10.2. The standard InChI is InChI=1S/C4H7F3O.C3H7F/c1-4(6,7)3(5)8-2;1-2-3-4/h3H,1-2H3;2-3H2,1H3. The Bertz CT molecular complexity index is 89.9. The molecule has 0 saturated heterocycles. The van der Waals surface area contributed by atoms with E-state index in [4.69, 9.17) is 0 Å². The van der Waals surface area contributed by atoms with Crippen molar-refractivity contribution in [1.82, 2.24) is 0 Å². The van der Waals surface area contributed by atoms with E-state index in [9.17, 15) is 17.6 Å². The summed E-state index contributed by atoms with van der Waals surface area (Å²) in [7, 11) is 0.891. The predicted octanol–water partition coefficient (Wildman–Crippen LogP) is 2.95. The third kappa shape index (κ3) is 9.68. The first-order chi connectivity index (χ1) is 5.40. The molecule has 0 N–H and O–H groups in total. The van der Waals surface area contributed by atoms with Gasteiger partial charge in [-0.05, 0) is 6.42 Å². The van der Waals surface area contributed by atoms with E-state index in [1.165, 1.54) is 0 Å². The van der Waals surface area contributed by atoms with Gasteiger partial charge in [-0.15, -0.1) is 0 Å². The average molecular weight is 190 g/mol. The minimum Gasteiger partial charge on any atom is -0.347 e. The van der Waals surface area contributed by atoms with E-state index in [1.54, 1.807) is 6.92 Å². The largest absolute Gasteiger partial charge is 0.347 e. The van der Waals surface area contributed by atoms with Crippen LogP contribution in [0.15, 0.2) is 0 Å². The van der Waals surface area contributed by atoms with Crippen molar-refractivity contribution in [1.29, 1.82) is 0 Å². The Morgan fingerprint density at radius 2 is 1.75 bits per heavy atom. The fourth-order valence-electron chi connectivity index (χ4n) is 0.207. The maximum absolute atomic E-state index is 11.7. The minimum absolute atomic E-state index is 0.181. The van der Waals surface area contributed by atoms with Gasteiger partial charge in [0.05, 0.1) is 6.67 Å². The van der Waals surface area contributed by atoms with E-state index in [-0.39, 0.29) is 6.67 Å². The molecule has 0 aliphatic heterocycles. The molecule has 0 aromatic heterocycles. The van der Waals surface area contributed by atoms with Crippen molar-refractivity contribution in [2.24, 2.45) is 0 Å². The second-order valence-corrected chi connectivity index (χ2v) is 2.20. The van der Waals surface area contributed by atoms with Gasteiger partial charge in [0.2, 0.25) is 0 Å². The van der Waals surface area contributed by atoms with Crippen LogP contribution >= 0.6 is 0 Å². The third-order valence-electron chi connectivity index (χ3n) is 0.794. The van der Waals surface area contributed by atoms with Crippen LogP contribution in [0.4, 0.5) is 17.6 Å². The van der Waals surface area contributed by atoms with Gasteiger partial charge in [-0.3, -0.25) is 4.39 Å². The molecule has 12 heavy (non-hydrogen) atoms. The Kier molecular flexibility index (Phi) is 8.69. The molecule has 0 aliphatic rings. The molecule has 0 radical (unpaired) electrons. The zero-order valence-electron chi connectivity index (χ0n) is 7.41. The maximum Gasteiger partial charge on any atom is 0.300 e. The van der Waals surface area contributed by atoms with Crippen LogP contribution in [0, 0.1) is 0 Å². The summed E-state index contributed by atoms with van der Waals surface area (Å²) < 4.78 is 49.3. The van der Waals surface area contributed by atoms with Gasteiger partial charge in [-0.25, -0.2) is 13.2 Å². The molecule has 0 aliphatic carbocycles. The highest BCUT2D eigenvalue weighted by Crippen LogP contribution is 2.19. The van der Waals surface area contributed by atoms with Gasteiger partial charge >= 0.3 is 0 Å². The van der Waals surface area contributed by atoms with Crippen molar-refractivity contribution in [3.8, 4) is 0 Å². The molecule has 0 bridgehead atoms. The Morgan fingerprint density at radius 3 is 1.75 bits per heavy atom. The van der Waals surface area contributed by atoms with Crippen LogP contribution in [0.5, 0.6) is 0 Å². The number of hydrogen-bond acceptors (Lipinski definition) is 1.